The summed E-state index contributed by atoms with van der Waals surface area (Å²) in [6.07, 6.45) is 5.62. The fourth-order valence-electron chi connectivity index (χ4n) is 2.30. The summed E-state index contributed by atoms with van der Waals surface area (Å²) < 4.78 is 5.62. The van der Waals surface area contributed by atoms with E-state index in [0.29, 0.717) is 12.6 Å². The highest BCUT2D eigenvalue weighted by Gasteiger charge is 2.19. The Kier molecular flexibility index (Phi) is 6.22. The Bertz CT molecular complexity index is 164. The average molecular weight is 214 g/mol. The molecule has 90 valence electrons. The fourth-order valence-corrected chi connectivity index (χ4v) is 2.30. The molecule has 0 saturated carbocycles. The van der Waals surface area contributed by atoms with Gasteiger partial charge in [-0.15, -0.1) is 0 Å². The molecule has 1 rings (SSSR count). The monoisotopic (exact) mass is 214 g/mol. The molecule has 0 aliphatic carbocycles. The molecule has 0 aromatic heterocycles. The number of ether oxygens (including phenoxy) is 1. The van der Waals surface area contributed by atoms with E-state index >= 15 is 0 Å². The molecule has 1 heterocycles. The van der Waals surface area contributed by atoms with Crippen LogP contribution in [0.1, 0.15) is 39.5 Å². The van der Waals surface area contributed by atoms with Crippen LogP contribution >= 0.6 is 0 Å². The van der Waals surface area contributed by atoms with Gasteiger partial charge in [0, 0.05) is 25.7 Å². The van der Waals surface area contributed by atoms with Crippen LogP contribution in [0.25, 0.3) is 0 Å². The van der Waals surface area contributed by atoms with Gasteiger partial charge in [0.25, 0.3) is 0 Å². The van der Waals surface area contributed by atoms with Crippen LogP contribution in [0.4, 0.5) is 0 Å². The van der Waals surface area contributed by atoms with Crippen molar-refractivity contribution in [2.45, 2.75) is 51.7 Å². The first-order valence-electron chi connectivity index (χ1n) is 6.33. The van der Waals surface area contributed by atoms with Gasteiger partial charge in [-0.2, -0.15) is 0 Å². The molecule has 1 aliphatic rings. The van der Waals surface area contributed by atoms with Crippen molar-refractivity contribution in [3.63, 3.8) is 0 Å². The van der Waals surface area contributed by atoms with Crippen molar-refractivity contribution in [3.8, 4) is 0 Å². The van der Waals surface area contributed by atoms with Crippen LogP contribution in [0.3, 0.4) is 0 Å². The molecular weight excluding hydrogens is 188 g/mol. The highest BCUT2D eigenvalue weighted by atomic mass is 16.5. The molecule has 0 radical (unpaired) electrons. The van der Waals surface area contributed by atoms with E-state index in [9.17, 15) is 0 Å². The summed E-state index contributed by atoms with van der Waals surface area (Å²) >= 11 is 0. The van der Waals surface area contributed by atoms with Gasteiger partial charge in [0.15, 0.2) is 0 Å². The minimum absolute atomic E-state index is 0.218. The van der Waals surface area contributed by atoms with Gasteiger partial charge >= 0.3 is 0 Å². The molecule has 0 amide bonds. The predicted octanol–water partition coefficient (Wildman–Crippen LogP) is 1.61. The zero-order chi connectivity index (χ0) is 11.1. The first-order chi connectivity index (χ1) is 7.27. The molecule has 1 aliphatic heterocycles. The van der Waals surface area contributed by atoms with Crippen LogP contribution < -0.4 is 5.73 Å². The number of rotatable bonds is 5. The summed E-state index contributed by atoms with van der Waals surface area (Å²) in [5.41, 5.74) is 5.71. The topological polar surface area (TPSA) is 38.5 Å². The second-order valence-electron chi connectivity index (χ2n) is 4.51. The summed E-state index contributed by atoms with van der Waals surface area (Å²) in [4.78, 5) is 2.54. The summed E-state index contributed by atoms with van der Waals surface area (Å²) in [7, 11) is 0. The lowest BCUT2D eigenvalue weighted by Gasteiger charge is -2.30. The third-order valence-electron chi connectivity index (χ3n) is 3.29. The summed E-state index contributed by atoms with van der Waals surface area (Å²) in [5, 5.41) is 0. The molecule has 3 heteroatoms. The fraction of sp³-hybridized carbons (Fsp3) is 1.00. The van der Waals surface area contributed by atoms with Gasteiger partial charge in [-0.3, -0.25) is 4.90 Å². The van der Waals surface area contributed by atoms with Crippen molar-refractivity contribution in [2.24, 2.45) is 5.73 Å². The molecule has 1 saturated heterocycles. The molecule has 2 N–H and O–H groups in total. The zero-order valence-electron chi connectivity index (χ0n) is 10.2. The molecule has 1 fully saturated rings. The van der Waals surface area contributed by atoms with Gasteiger partial charge in [-0.05, 0) is 33.2 Å². The Morgan fingerprint density at radius 1 is 1.40 bits per heavy atom. The van der Waals surface area contributed by atoms with Gasteiger partial charge in [0.05, 0.1) is 6.10 Å². The van der Waals surface area contributed by atoms with Gasteiger partial charge in [-0.25, -0.2) is 0 Å². The lowest BCUT2D eigenvalue weighted by atomic mass is 10.1. The summed E-state index contributed by atoms with van der Waals surface area (Å²) in [6, 6.07) is 0.696. The molecule has 0 bridgehead atoms. The Hall–Kier alpha value is -0.120. The standard InChI is InChI=1S/C12H26N2O/c1-3-15-12(9-13)10-14-8-6-4-5-7-11(14)2/h11-12H,3-10,13H2,1-2H3. The van der Waals surface area contributed by atoms with Crippen LogP contribution in [-0.2, 0) is 4.74 Å². The Balaban J connectivity index is 2.38. The maximum absolute atomic E-state index is 5.71. The Labute approximate surface area is 94.0 Å². The molecule has 2 unspecified atom stereocenters. The van der Waals surface area contributed by atoms with E-state index in [1.54, 1.807) is 0 Å². The number of likely N-dealkylation sites (tertiary alicyclic amines) is 1. The maximum atomic E-state index is 5.71. The van der Waals surface area contributed by atoms with E-state index in [1.165, 1.54) is 32.2 Å². The van der Waals surface area contributed by atoms with Crippen molar-refractivity contribution in [3.05, 3.63) is 0 Å². The van der Waals surface area contributed by atoms with E-state index in [1.807, 2.05) is 6.92 Å². The predicted molar refractivity (Wildman–Crippen MR) is 64.0 cm³/mol. The minimum Gasteiger partial charge on any atom is -0.376 e. The quantitative estimate of drug-likeness (QED) is 0.755. The van der Waals surface area contributed by atoms with Crippen LogP contribution in [0, 0.1) is 0 Å². The van der Waals surface area contributed by atoms with Crippen LogP contribution in [0.5, 0.6) is 0 Å². The van der Waals surface area contributed by atoms with Crippen molar-refractivity contribution in [1.82, 2.24) is 4.90 Å². The van der Waals surface area contributed by atoms with Gasteiger partial charge < -0.3 is 10.5 Å². The van der Waals surface area contributed by atoms with E-state index in [4.69, 9.17) is 10.5 Å². The van der Waals surface area contributed by atoms with Gasteiger partial charge in [0.1, 0.15) is 0 Å². The van der Waals surface area contributed by atoms with Crippen molar-refractivity contribution < 1.29 is 4.74 Å². The number of nitrogens with zero attached hydrogens (tertiary/aromatic N) is 1. The largest absolute Gasteiger partial charge is 0.376 e. The average Bonchev–Trinajstić information content (AvgIpc) is 2.43. The van der Waals surface area contributed by atoms with E-state index in [0.717, 1.165) is 13.2 Å². The lowest BCUT2D eigenvalue weighted by molar-refractivity contribution is 0.0301. The SMILES string of the molecule is CCOC(CN)CN1CCCCCC1C. The highest BCUT2D eigenvalue weighted by molar-refractivity contribution is 4.75. The van der Waals surface area contributed by atoms with Gasteiger partial charge in [-0.1, -0.05) is 12.8 Å². The van der Waals surface area contributed by atoms with E-state index < -0.39 is 0 Å². The molecule has 0 aromatic carbocycles. The lowest BCUT2D eigenvalue weighted by Crippen LogP contribution is -2.42. The second-order valence-corrected chi connectivity index (χ2v) is 4.51. The Morgan fingerprint density at radius 3 is 2.87 bits per heavy atom. The second kappa shape index (κ2) is 7.20. The first kappa shape index (κ1) is 12.9. The Morgan fingerprint density at radius 2 is 2.20 bits per heavy atom. The van der Waals surface area contributed by atoms with E-state index in [-0.39, 0.29) is 6.10 Å². The maximum Gasteiger partial charge on any atom is 0.0823 e. The molecule has 0 aromatic rings. The smallest absolute Gasteiger partial charge is 0.0823 e. The van der Waals surface area contributed by atoms with Crippen molar-refractivity contribution in [2.75, 3.05) is 26.2 Å². The molecule has 2 atom stereocenters. The number of hydrogen-bond acceptors (Lipinski definition) is 3. The normalized spacial score (nSPS) is 26.2. The minimum atomic E-state index is 0.218. The molecule has 15 heavy (non-hydrogen) atoms. The number of hydrogen-bond donors (Lipinski definition) is 1. The third kappa shape index (κ3) is 4.49. The summed E-state index contributed by atoms with van der Waals surface area (Å²) in [5.74, 6) is 0. The number of nitrogens with two attached hydrogens (primary N) is 1. The van der Waals surface area contributed by atoms with Crippen molar-refractivity contribution in [1.29, 1.82) is 0 Å². The summed E-state index contributed by atoms with van der Waals surface area (Å²) in [6.45, 7) is 7.98. The molecule has 0 spiro atoms. The molecular formula is C12H26N2O. The third-order valence-corrected chi connectivity index (χ3v) is 3.29. The van der Waals surface area contributed by atoms with Gasteiger partial charge in [0.2, 0.25) is 0 Å². The van der Waals surface area contributed by atoms with E-state index in [2.05, 4.69) is 11.8 Å². The first-order valence-corrected chi connectivity index (χ1v) is 6.33. The van der Waals surface area contributed by atoms with Crippen LogP contribution in [0.2, 0.25) is 0 Å². The van der Waals surface area contributed by atoms with Crippen LogP contribution in [0.15, 0.2) is 0 Å². The van der Waals surface area contributed by atoms with Crippen LogP contribution in [-0.4, -0.2) is 43.3 Å². The van der Waals surface area contributed by atoms with Crippen molar-refractivity contribution >= 4 is 0 Å². The zero-order valence-corrected chi connectivity index (χ0v) is 10.2. The highest BCUT2D eigenvalue weighted by Crippen LogP contribution is 2.16. The molecule has 3 nitrogen and oxygen atoms in total.